The van der Waals surface area contributed by atoms with Crippen LogP contribution in [0.3, 0.4) is 0 Å². The van der Waals surface area contributed by atoms with Crippen LogP contribution in [-0.2, 0) is 0 Å². The molecule has 1 atom stereocenters. The van der Waals surface area contributed by atoms with Gasteiger partial charge in [0.2, 0.25) is 0 Å². The predicted octanol–water partition coefficient (Wildman–Crippen LogP) is 1.12. The summed E-state index contributed by atoms with van der Waals surface area (Å²) >= 11 is 0. The van der Waals surface area contributed by atoms with E-state index in [4.69, 9.17) is 5.11 Å². The van der Waals surface area contributed by atoms with Crippen LogP contribution >= 0.6 is 0 Å². The van der Waals surface area contributed by atoms with Crippen molar-refractivity contribution in [3.8, 4) is 0 Å². The second kappa shape index (κ2) is 1.62. The van der Waals surface area contributed by atoms with Gasteiger partial charge in [-0.05, 0) is 6.42 Å². The summed E-state index contributed by atoms with van der Waals surface area (Å²) in [4.78, 5) is 0. The molecule has 1 unspecified atom stereocenters. The molecule has 1 fully saturated rings. The van der Waals surface area contributed by atoms with Crippen LogP contribution in [0.25, 0.3) is 0 Å². The average Bonchev–Trinajstić information content (AvgIpc) is 1.84. The van der Waals surface area contributed by atoms with Crippen LogP contribution < -0.4 is 0 Å². The van der Waals surface area contributed by atoms with Crippen molar-refractivity contribution in [1.29, 1.82) is 0 Å². The first-order chi connectivity index (χ1) is 4.02. The first-order valence-corrected chi connectivity index (χ1v) is 2.69. The Balaban J connectivity index is 2.62. The first-order valence-electron chi connectivity index (χ1n) is 2.69. The van der Waals surface area contributed by atoms with Crippen LogP contribution in [0.2, 0.25) is 0 Å². The standard InChI is InChI=1S/C5H7F3O/c6-4(3-9)1-2-5(4,7)8/h9H,1-3H2. The Morgan fingerprint density at radius 1 is 1.22 bits per heavy atom. The number of aliphatic hydroxyl groups excluding tert-OH is 1. The predicted molar refractivity (Wildman–Crippen MR) is 25.1 cm³/mol. The maximum absolute atomic E-state index is 12.4. The van der Waals surface area contributed by atoms with Gasteiger partial charge in [0.15, 0.2) is 5.67 Å². The molecule has 1 aliphatic carbocycles. The molecule has 0 radical (unpaired) electrons. The van der Waals surface area contributed by atoms with Gasteiger partial charge in [-0.3, -0.25) is 0 Å². The van der Waals surface area contributed by atoms with Gasteiger partial charge in [-0.1, -0.05) is 0 Å². The third-order valence-electron chi connectivity index (χ3n) is 1.74. The maximum Gasteiger partial charge on any atom is 0.283 e. The van der Waals surface area contributed by atoms with Crippen molar-refractivity contribution in [3.63, 3.8) is 0 Å². The second-order valence-corrected chi connectivity index (χ2v) is 2.33. The lowest BCUT2D eigenvalue weighted by molar-refractivity contribution is -0.224. The minimum Gasteiger partial charge on any atom is -0.393 e. The normalized spacial score (nSPS) is 40.0. The molecule has 0 aromatic carbocycles. The van der Waals surface area contributed by atoms with E-state index in [9.17, 15) is 13.2 Å². The van der Waals surface area contributed by atoms with Crippen LogP contribution in [0, 0.1) is 0 Å². The molecule has 0 bridgehead atoms. The summed E-state index contributed by atoms with van der Waals surface area (Å²) in [5, 5.41) is 8.13. The number of aliphatic hydroxyl groups is 1. The Kier molecular flexibility index (Phi) is 1.24. The third-order valence-corrected chi connectivity index (χ3v) is 1.74. The maximum atomic E-state index is 12.4. The lowest BCUT2D eigenvalue weighted by Gasteiger charge is -2.40. The number of rotatable bonds is 1. The first kappa shape index (κ1) is 6.86. The monoisotopic (exact) mass is 140 g/mol. The zero-order valence-corrected chi connectivity index (χ0v) is 4.70. The van der Waals surface area contributed by atoms with Gasteiger partial charge in [0.05, 0.1) is 6.61 Å². The lowest BCUT2D eigenvalue weighted by Crippen LogP contribution is -2.56. The molecule has 1 aliphatic rings. The molecule has 9 heavy (non-hydrogen) atoms. The minimum atomic E-state index is -3.29. The molecule has 0 spiro atoms. The summed E-state index contributed by atoms with van der Waals surface area (Å²) in [5.74, 6) is -3.29. The van der Waals surface area contributed by atoms with Crippen molar-refractivity contribution in [2.75, 3.05) is 6.61 Å². The smallest absolute Gasteiger partial charge is 0.283 e. The van der Waals surface area contributed by atoms with Crippen molar-refractivity contribution in [2.45, 2.75) is 24.4 Å². The van der Waals surface area contributed by atoms with Crippen molar-refractivity contribution < 1.29 is 18.3 Å². The van der Waals surface area contributed by atoms with Crippen LogP contribution in [0.1, 0.15) is 12.8 Å². The summed E-state index contributed by atoms with van der Waals surface area (Å²) < 4.78 is 36.5. The Labute approximate surface area is 50.5 Å². The van der Waals surface area contributed by atoms with Gasteiger partial charge in [0.1, 0.15) is 0 Å². The summed E-state index contributed by atoms with van der Waals surface area (Å²) in [5.41, 5.74) is -2.62. The van der Waals surface area contributed by atoms with Crippen molar-refractivity contribution in [1.82, 2.24) is 0 Å². The zero-order valence-electron chi connectivity index (χ0n) is 4.70. The fourth-order valence-electron chi connectivity index (χ4n) is 0.780. The van der Waals surface area contributed by atoms with Gasteiger partial charge in [0.25, 0.3) is 5.92 Å². The van der Waals surface area contributed by atoms with Crippen LogP contribution in [0.4, 0.5) is 13.2 Å². The van der Waals surface area contributed by atoms with Gasteiger partial charge < -0.3 is 5.11 Å². The van der Waals surface area contributed by atoms with Gasteiger partial charge in [-0.2, -0.15) is 0 Å². The topological polar surface area (TPSA) is 20.2 Å². The number of hydrogen-bond donors (Lipinski definition) is 1. The number of alkyl halides is 3. The Bertz CT molecular complexity index is 121. The molecule has 0 aromatic rings. The van der Waals surface area contributed by atoms with Gasteiger partial charge in [0, 0.05) is 6.42 Å². The highest BCUT2D eigenvalue weighted by atomic mass is 19.3. The van der Waals surface area contributed by atoms with Crippen molar-refractivity contribution in [2.24, 2.45) is 0 Å². The highest BCUT2D eigenvalue weighted by Crippen LogP contribution is 2.49. The highest BCUT2D eigenvalue weighted by molar-refractivity contribution is 5.03. The molecule has 0 amide bonds. The fourth-order valence-corrected chi connectivity index (χ4v) is 0.780. The molecular formula is C5H7F3O. The molecule has 4 heteroatoms. The van der Waals surface area contributed by atoms with E-state index in [1.54, 1.807) is 0 Å². The summed E-state index contributed by atoms with van der Waals surface area (Å²) in [6, 6.07) is 0. The van der Waals surface area contributed by atoms with Gasteiger partial charge in [-0.25, -0.2) is 13.2 Å². The molecule has 0 aromatic heterocycles. The Morgan fingerprint density at radius 2 is 1.78 bits per heavy atom. The van der Waals surface area contributed by atoms with E-state index >= 15 is 0 Å². The molecule has 0 heterocycles. The lowest BCUT2D eigenvalue weighted by atomic mass is 9.78. The van der Waals surface area contributed by atoms with E-state index in [2.05, 4.69) is 0 Å². The number of hydrogen-bond acceptors (Lipinski definition) is 1. The Morgan fingerprint density at radius 3 is 1.78 bits per heavy atom. The summed E-state index contributed by atoms with van der Waals surface area (Å²) in [7, 11) is 0. The second-order valence-electron chi connectivity index (χ2n) is 2.33. The van der Waals surface area contributed by atoms with E-state index in [1.165, 1.54) is 0 Å². The SMILES string of the molecule is OCC1(F)CCC1(F)F. The van der Waals surface area contributed by atoms with Crippen LogP contribution in [0.15, 0.2) is 0 Å². The third kappa shape index (κ3) is 0.729. The van der Waals surface area contributed by atoms with E-state index < -0.39 is 24.6 Å². The van der Waals surface area contributed by atoms with Gasteiger partial charge >= 0.3 is 0 Å². The quantitative estimate of drug-likeness (QED) is 0.578. The van der Waals surface area contributed by atoms with E-state index in [-0.39, 0.29) is 6.42 Å². The highest BCUT2D eigenvalue weighted by Gasteiger charge is 2.62. The average molecular weight is 140 g/mol. The molecule has 0 aliphatic heterocycles. The van der Waals surface area contributed by atoms with E-state index in [0.29, 0.717) is 0 Å². The van der Waals surface area contributed by atoms with Gasteiger partial charge in [-0.15, -0.1) is 0 Å². The van der Waals surface area contributed by atoms with Crippen LogP contribution in [-0.4, -0.2) is 23.3 Å². The molecule has 54 valence electrons. The van der Waals surface area contributed by atoms with Crippen LogP contribution in [0.5, 0.6) is 0 Å². The molecular weight excluding hydrogens is 133 g/mol. The molecule has 1 N–H and O–H groups in total. The van der Waals surface area contributed by atoms with Crippen molar-refractivity contribution >= 4 is 0 Å². The zero-order chi connectivity index (χ0) is 7.12. The molecule has 0 saturated heterocycles. The van der Waals surface area contributed by atoms with E-state index in [0.717, 1.165) is 0 Å². The molecule has 1 nitrogen and oxygen atoms in total. The number of halogens is 3. The fraction of sp³-hybridized carbons (Fsp3) is 1.00. The van der Waals surface area contributed by atoms with Crippen molar-refractivity contribution in [3.05, 3.63) is 0 Å². The minimum absolute atomic E-state index is 0.226. The molecule has 1 saturated carbocycles. The summed E-state index contributed by atoms with van der Waals surface area (Å²) in [6.45, 7) is -1.07. The summed E-state index contributed by atoms with van der Waals surface area (Å²) in [6.07, 6.45) is -0.666. The Hall–Kier alpha value is -0.250. The largest absolute Gasteiger partial charge is 0.393 e. The molecule has 1 rings (SSSR count). The van der Waals surface area contributed by atoms with E-state index in [1.807, 2.05) is 0 Å².